The van der Waals surface area contributed by atoms with Gasteiger partial charge in [0, 0.05) is 30.6 Å². The molecule has 2 fully saturated rings. The van der Waals surface area contributed by atoms with Gasteiger partial charge < -0.3 is 4.74 Å². The van der Waals surface area contributed by atoms with E-state index in [1.807, 2.05) is 13.0 Å². The third kappa shape index (κ3) is 3.11. The second kappa shape index (κ2) is 6.51. The Morgan fingerprint density at radius 1 is 1.23 bits per heavy atom. The Hall–Kier alpha value is -1.19. The molecule has 118 valence electrons. The second-order valence-corrected chi connectivity index (χ2v) is 6.93. The fourth-order valence-electron chi connectivity index (χ4n) is 3.69. The molecule has 0 radical (unpaired) electrons. The van der Waals surface area contributed by atoms with Gasteiger partial charge in [-0.05, 0) is 55.4 Å². The van der Waals surface area contributed by atoms with E-state index in [1.54, 1.807) is 12.1 Å². The van der Waals surface area contributed by atoms with Crippen molar-refractivity contribution in [3.8, 4) is 0 Å². The molecular formula is C18H21ClO3. The Morgan fingerprint density at radius 2 is 1.95 bits per heavy atom. The highest BCUT2D eigenvalue weighted by atomic mass is 35.5. The minimum absolute atomic E-state index is 0.0485. The topological polar surface area (TPSA) is 43.4 Å². The van der Waals surface area contributed by atoms with Crippen molar-refractivity contribution in [3.05, 3.63) is 34.3 Å². The van der Waals surface area contributed by atoms with Gasteiger partial charge in [-0.2, -0.15) is 0 Å². The van der Waals surface area contributed by atoms with Gasteiger partial charge in [0.25, 0.3) is 0 Å². The molecule has 2 unspecified atom stereocenters. The summed E-state index contributed by atoms with van der Waals surface area (Å²) >= 11 is 6.05. The van der Waals surface area contributed by atoms with Crippen LogP contribution in [0.5, 0.6) is 0 Å². The van der Waals surface area contributed by atoms with Gasteiger partial charge in [0.05, 0.1) is 0 Å². The summed E-state index contributed by atoms with van der Waals surface area (Å²) in [5, 5.41) is 0.578. The van der Waals surface area contributed by atoms with Crippen molar-refractivity contribution in [1.29, 1.82) is 0 Å². The van der Waals surface area contributed by atoms with E-state index >= 15 is 0 Å². The number of Topliss-reactive ketones (excluding diaryl/α,β-unsaturated/α-hetero) is 2. The lowest BCUT2D eigenvalue weighted by molar-refractivity contribution is -0.125. The highest BCUT2D eigenvalue weighted by Crippen LogP contribution is 2.38. The molecule has 1 saturated carbocycles. The number of ketones is 2. The SMILES string of the molecule is Cc1ccc(Cl)cc1C1C(=O)CC(CC2CCOCC2)C1=O. The minimum Gasteiger partial charge on any atom is -0.381 e. The Labute approximate surface area is 136 Å². The first-order valence-electron chi connectivity index (χ1n) is 7.96. The average Bonchev–Trinajstić information content (AvgIpc) is 2.77. The van der Waals surface area contributed by atoms with E-state index in [1.165, 1.54) is 0 Å². The van der Waals surface area contributed by atoms with Crippen LogP contribution in [0.3, 0.4) is 0 Å². The monoisotopic (exact) mass is 320 g/mol. The molecule has 3 nitrogen and oxygen atoms in total. The first-order valence-corrected chi connectivity index (χ1v) is 8.34. The van der Waals surface area contributed by atoms with Crippen LogP contribution in [0, 0.1) is 18.8 Å². The highest BCUT2D eigenvalue weighted by Gasteiger charge is 2.43. The number of benzene rings is 1. The van der Waals surface area contributed by atoms with Crippen LogP contribution in [0.4, 0.5) is 0 Å². The van der Waals surface area contributed by atoms with Gasteiger partial charge in [-0.25, -0.2) is 0 Å². The van der Waals surface area contributed by atoms with Crippen LogP contribution in [-0.4, -0.2) is 24.8 Å². The van der Waals surface area contributed by atoms with Crippen molar-refractivity contribution in [2.24, 2.45) is 11.8 Å². The maximum absolute atomic E-state index is 12.8. The molecule has 0 N–H and O–H groups in total. The van der Waals surface area contributed by atoms with Crippen LogP contribution in [-0.2, 0) is 14.3 Å². The Kier molecular flexibility index (Phi) is 4.65. The van der Waals surface area contributed by atoms with Crippen molar-refractivity contribution in [2.75, 3.05) is 13.2 Å². The number of rotatable bonds is 3. The molecule has 0 bridgehead atoms. The standard InChI is InChI=1S/C18H21ClO3/c1-11-2-3-14(19)10-15(11)17-16(20)9-13(18(17)21)8-12-4-6-22-7-5-12/h2-3,10,12-13,17H,4-9H2,1H3. The maximum atomic E-state index is 12.8. The predicted molar refractivity (Wildman–Crippen MR) is 85.2 cm³/mol. The van der Waals surface area contributed by atoms with Crippen molar-refractivity contribution in [2.45, 2.75) is 38.5 Å². The zero-order valence-electron chi connectivity index (χ0n) is 12.8. The fourth-order valence-corrected chi connectivity index (χ4v) is 3.87. The van der Waals surface area contributed by atoms with Crippen LogP contribution < -0.4 is 0 Å². The Morgan fingerprint density at radius 3 is 2.68 bits per heavy atom. The van der Waals surface area contributed by atoms with Crippen molar-refractivity contribution >= 4 is 23.2 Å². The van der Waals surface area contributed by atoms with Gasteiger partial charge in [-0.15, -0.1) is 0 Å². The molecule has 1 aliphatic carbocycles. The lowest BCUT2D eigenvalue weighted by atomic mass is 9.85. The average molecular weight is 321 g/mol. The maximum Gasteiger partial charge on any atom is 0.151 e. The third-order valence-corrected chi connectivity index (χ3v) is 5.20. The number of carbonyl (C=O) groups is 2. The number of halogens is 1. The van der Waals surface area contributed by atoms with Crippen molar-refractivity contribution in [1.82, 2.24) is 0 Å². The number of ether oxygens (including phenoxy) is 1. The fraction of sp³-hybridized carbons (Fsp3) is 0.556. The summed E-state index contributed by atoms with van der Waals surface area (Å²) in [6.07, 6.45) is 3.20. The van der Waals surface area contributed by atoms with Crippen molar-refractivity contribution in [3.63, 3.8) is 0 Å². The van der Waals surface area contributed by atoms with Crippen LogP contribution in [0.15, 0.2) is 18.2 Å². The molecule has 0 spiro atoms. The van der Waals surface area contributed by atoms with Gasteiger partial charge in [0.1, 0.15) is 11.7 Å². The van der Waals surface area contributed by atoms with E-state index in [9.17, 15) is 9.59 Å². The molecule has 1 aliphatic heterocycles. The van der Waals surface area contributed by atoms with Crippen LogP contribution >= 0.6 is 11.6 Å². The molecule has 1 saturated heterocycles. The zero-order chi connectivity index (χ0) is 15.7. The quantitative estimate of drug-likeness (QED) is 0.797. The van der Waals surface area contributed by atoms with Gasteiger partial charge in [-0.1, -0.05) is 17.7 Å². The summed E-state index contributed by atoms with van der Waals surface area (Å²) in [5.41, 5.74) is 1.75. The van der Waals surface area contributed by atoms with Crippen LogP contribution in [0.25, 0.3) is 0 Å². The summed E-state index contributed by atoms with van der Waals surface area (Å²) < 4.78 is 5.36. The van der Waals surface area contributed by atoms with Crippen LogP contribution in [0.2, 0.25) is 5.02 Å². The number of aryl methyl sites for hydroxylation is 1. The molecule has 0 amide bonds. The molecule has 2 aliphatic rings. The molecule has 0 aromatic heterocycles. The smallest absolute Gasteiger partial charge is 0.151 e. The minimum atomic E-state index is -0.608. The van der Waals surface area contributed by atoms with Gasteiger partial charge in [0.2, 0.25) is 0 Å². The largest absolute Gasteiger partial charge is 0.381 e. The molecule has 2 atom stereocenters. The Bertz CT molecular complexity index is 590. The molecule has 3 rings (SSSR count). The van der Waals surface area contributed by atoms with Gasteiger partial charge in [-0.3, -0.25) is 9.59 Å². The van der Waals surface area contributed by atoms with Crippen LogP contribution in [0.1, 0.15) is 42.7 Å². The third-order valence-electron chi connectivity index (χ3n) is 4.97. The molecular weight excluding hydrogens is 300 g/mol. The number of carbonyl (C=O) groups excluding carboxylic acids is 2. The lowest BCUT2D eigenvalue weighted by Gasteiger charge is -2.24. The molecule has 4 heteroatoms. The molecule has 1 aromatic carbocycles. The summed E-state index contributed by atoms with van der Waals surface area (Å²) in [6, 6.07) is 5.45. The summed E-state index contributed by atoms with van der Waals surface area (Å²) in [7, 11) is 0. The zero-order valence-corrected chi connectivity index (χ0v) is 13.6. The lowest BCUT2D eigenvalue weighted by Crippen LogP contribution is -2.22. The number of hydrogen-bond acceptors (Lipinski definition) is 3. The Balaban J connectivity index is 1.77. The summed E-state index contributed by atoms with van der Waals surface area (Å²) in [5.74, 6) is -0.0912. The van der Waals surface area contributed by atoms with E-state index in [-0.39, 0.29) is 17.5 Å². The summed E-state index contributed by atoms with van der Waals surface area (Å²) in [6.45, 7) is 3.48. The first-order chi connectivity index (χ1) is 10.6. The first kappa shape index (κ1) is 15.7. The predicted octanol–water partition coefficient (Wildman–Crippen LogP) is 3.71. The van der Waals surface area contributed by atoms with Gasteiger partial charge >= 0.3 is 0 Å². The van der Waals surface area contributed by atoms with E-state index in [2.05, 4.69) is 0 Å². The van der Waals surface area contributed by atoms with E-state index in [4.69, 9.17) is 16.3 Å². The van der Waals surface area contributed by atoms with E-state index < -0.39 is 5.92 Å². The molecule has 1 heterocycles. The summed E-state index contributed by atoms with van der Waals surface area (Å²) in [4.78, 5) is 25.2. The second-order valence-electron chi connectivity index (χ2n) is 6.50. The normalized spacial score (nSPS) is 26.6. The highest BCUT2D eigenvalue weighted by molar-refractivity contribution is 6.30. The van der Waals surface area contributed by atoms with E-state index in [0.29, 0.717) is 17.4 Å². The van der Waals surface area contributed by atoms with Gasteiger partial charge in [0.15, 0.2) is 5.78 Å². The van der Waals surface area contributed by atoms with Crippen molar-refractivity contribution < 1.29 is 14.3 Å². The number of hydrogen-bond donors (Lipinski definition) is 0. The van der Waals surface area contributed by atoms with E-state index in [0.717, 1.165) is 43.6 Å². The molecule has 22 heavy (non-hydrogen) atoms. The molecule has 1 aromatic rings.